The number of ether oxygens (including phenoxy) is 1. The molecule has 0 unspecified atom stereocenters. The lowest BCUT2D eigenvalue weighted by atomic mass is 10.1. The lowest BCUT2D eigenvalue weighted by Crippen LogP contribution is -2.29. The molecule has 1 aliphatic carbocycles. The maximum atomic E-state index is 14.8. The SMILES string of the molecule is Cc1nc2nc(N3CCCO[C@@H](c4cnn(C5CC5)c4)C3)nc(-c3ccc(F)cc3F)c2nc1C. The van der Waals surface area contributed by atoms with Crippen molar-refractivity contribution in [2.24, 2.45) is 0 Å². The Morgan fingerprint density at radius 1 is 1.03 bits per heavy atom. The molecule has 0 N–H and O–H groups in total. The van der Waals surface area contributed by atoms with Gasteiger partial charge in [0.05, 0.1) is 30.2 Å². The van der Waals surface area contributed by atoms with Crippen molar-refractivity contribution >= 4 is 17.1 Å². The van der Waals surface area contributed by atoms with E-state index in [4.69, 9.17) is 14.7 Å². The van der Waals surface area contributed by atoms with Crippen LogP contribution in [-0.4, -0.2) is 49.4 Å². The molecule has 8 nitrogen and oxygen atoms in total. The zero-order valence-corrected chi connectivity index (χ0v) is 19.6. The zero-order chi connectivity index (χ0) is 24.1. The van der Waals surface area contributed by atoms with Crippen molar-refractivity contribution < 1.29 is 13.5 Å². The van der Waals surface area contributed by atoms with E-state index in [0.29, 0.717) is 54.2 Å². The first-order chi connectivity index (χ1) is 17.0. The molecular weight excluding hydrogens is 452 g/mol. The van der Waals surface area contributed by atoms with E-state index in [1.807, 2.05) is 29.6 Å². The fourth-order valence-electron chi connectivity index (χ4n) is 4.38. The maximum absolute atomic E-state index is 14.8. The Bertz CT molecular complexity index is 1420. The first kappa shape index (κ1) is 22.0. The van der Waals surface area contributed by atoms with Gasteiger partial charge >= 0.3 is 0 Å². The minimum Gasteiger partial charge on any atom is -0.371 e. The predicted octanol–water partition coefficient (Wildman–Crippen LogP) is 4.48. The molecule has 1 saturated carbocycles. The van der Waals surface area contributed by atoms with Gasteiger partial charge in [0, 0.05) is 36.5 Å². The molecule has 6 rings (SSSR count). The second-order valence-corrected chi connectivity index (χ2v) is 9.21. The third-order valence-electron chi connectivity index (χ3n) is 6.59. The number of aryl methyl sites for hydroxylation is 2. The highest BCUT2D eigenvalue weighted by atomic mass is 19.1. The number of fused-ring (bicyclic) bond motifs is 1. The van der Waals surface area contributed by atoms with Crippen LogP contribution in [0.5, 0.6) is 0 Å². The lowest BCUT2D eigenvalue weighted by molar-refractivity contribution is 0.0685. The summed E-state index contributed by atoms with van der Waals surface area (Å²) in [5, 5.41) is 4.51. The third-order valence-corrected chi connectivity index (χ3v) is 6.59. The van der Waals surface area contributed by atoms with E-state index < -0.39 is 11.6 Å². The van der Waals surface area contributed by atoms with Gasteiger partial charge in [0.2, 0.25) is 5.95 Å². The largest absolute Gasteiger partial charge is 0.371 e. The number of benzene rings is 1. The van der Waals surface area contributed by atoms with Gasteiger partial charge in [0.1, 0.15) is 28.9 Å². The average molecular weight is 478 g/mol. The molecule has 0 spiro atoms. The predicted molar refractivity (Wildman–Crippen MR) is 126 cm³/mol. The first-order valence-electron chi connectivity index (χ1n) is 11.9. The smallest absolute Gasteiger partial charge is 0.228 e. The van der Waals surface area contributed by atoms with Crippen LogP contribution in [0.3, 0.4) is 0 Å². The van der Waals surface area contributed by atoms with E-state index in [-0.39, 0.29) is 11.7 Å². The monoisotopic (exact) mass is 477 g/mol. The molecule has 35 heavy (non-hydrogen) atoms. The van der Waals surface area contributed by atoms with Gasteiger partial charge in [-0.25, -0.2) is 23.7 Å². The summed E-state index contributed by atoms with van der Waals surface area (Å²) in [6.45, 7) is 5.48. The molecule has 0 radical (unpaired) electrons. The summed E-state index contributed by atoms with van der Waals surface area (Å²) < 4.78 is 36.6. The first-order valence-corrected chi connectivity index (χ1v) is 11.9. The van der Waals surface area contributed by atoms with Gasteiger partial charge in [0.15, 0.2) is 5.65 Å². The quantitative estimate of drug-likeness (QED) is 0.429. The molecule has 2 aliphatic rings. The Morgan fingerprint density at radius 3 is 2.66 bits per heavy atom. The second-order valence-electron chi connectivity index (χ2n) is 9.21. The molecule has 0 amide bonds. The number of nitrogens with zero attached hydrogens (tertiary/aromatic N) is 7. The Morgan fingerprint density at radius 2 is 1.86 bits per heavy atom. The summed E-state index contributed by atoms with van der Waals surface area (Å²) >= 11 is 0. The van der Waals surface area contributed by atoms with Crippen LogP contribution in [0.2, 0.25) is 0 Å². The fraction of sp³-hybridized carbons (Fsp3) is 0.400. The van der Waals surface area contributed by atoms with Crippen LogP contribution in [0.1, 0.15) is 48.4 Å². The van der Waals surface area contributed by atoms with Crippen molar-refractivity contribution in [1.82, 2.24) is 29.7 Å². The van der Waals surface area contributed by atoms with E-state index >= 15 is 0 Å². The van der Waals surface area contributed by atoms with E-state index in [2.05, 4.69) is 21.3 Å². The summed E-state index contributed by atoms with van der Waals surface area (Å²) in [6, 6.07) is 3.94. The van der Waals surface area contributed by atoms with Crippen molar-refractivity contribution in [2.75, 3.05) is 24.6 Å². The van der Waals surface area contributed by atoms with Gasteiger partial charge in [-0.15, -0.1) is 0 Å². The van der Waals surface area contributed by atoms with Gasteiger partial charge in [-0.3, -0.25) is 4.68 Å². The molecule has 180 valence electrons. The minimum atomic E-state index is -0.708. The van der Waals surface area contributed by atoms with Crippen LogP contribution >= 0.6 is 0 Å². The van der Waals surface area contributed by atoms with E-state index in [1.54, 1.807) is 0 Å². The lowest BCUT2D eigenvalue weighted by Gasteiger charge is -2.24. The van der Waals surface area contributed by atoms with Gasteiger partial charge in [-0.05, 0) is 45.2 Å². The van der Waals surface area contributed by atoms with Crippen LogP contribution in [0.25, 0.3) is 22.4 Å². The second kappa shape index (κ2) is 8.60. The number of rotatable bonds is 4. The summed E-state index contributed by atoms with van der Waals surface area (Å²) in [6.07, 6.45) is 6.84. The number of aromatic nitrogens is 6. The molecule has 1 aromatic carbocycles. The summed E-state index contributed by atoms with van der Waals surface area (Å²) in [5.41, 5.74) is 3.66. The van der Waals surface area contributed by atoms with Gasteiger partial charge in [-0.2, -0.15) is 10.1 Å². The average Bonchev–Trinajstić information content (AvgIpc) is 3.62. The van der Waals surface area contributed by atoms with Crippen LogP contribution in [0.4, 0.5) is 14.7 Å². The maximum Gasteiger partial charge on any atom is 0.228 e. The molecule has 0 bridgehead atoms. The van der Waals surface area contributed by atoms with Crippen molar-refractivity contribution in [3.05, 3.63) is 59.2 Å². The molecule has 1 saturated heterocycles. The highest BCUT2D eigenvalue weighted by molar-refractivity contribution is 5.88. The Labute approximate surface area is 201 Å². The molecule has 1 aliphatic heterocycles. The topological polar surface area (TPSA) is 81.9 Å². The van der Waals surface area contributed by atoms with E-state index in [0.717, 1.165) is 36.6 Å². The van der Waals surface area contributed by atoms with Crippen LogP contribution in [0, 0.1) is 25.5 Å². The molecule has 2 fully saturated rings. The van der Waals surface area contributed by atoms with Crippen LogP contribution in [0.15, 0.2) is 30.6 Å². The molecular formula is C25H25F2N7O. The van der Waals surface area contributed by atoms with Crippen LogP contribution in [-0.2, 0) is 4.74 Å². The third kappa shape index (κ3) is 4.22. The Balaban J connectivity index is 1.43. The molecule has 4 heterocycles. The van der Waals surface area contributed by atoms with Gasteiger partial charge in [-0.1, -0.05) is 0 Å². The Kier molecular flexibility index (Phi) is 5.40. The van der Waals surface area contributed by atoms with Crippen molar-refractivity contribution in [2.45, 2.75) is 45.3 Å². The van der Waals surface area contributed by atoms with E-state index in [1.165, 1.54) is 12.1 Å². The van der Waals surface area contributed by atoms with Crippen molar-refractivity contribution in [1.29, 1.82) is 0 Å². The molecule has 10 heteroatoms. The van der Waals surface area contributed by atoms with E-state index in [9.17, 15) is 8.78 Å². The van der Waals surface area contributed by atoms with Crippen LogP contribution < -0.4 is 4.90 Å². The summed E-state index contributed by atoms with van der Waals surface area (Å²) in [4.78, 5) is 20.7. The number of halogens is 2. The summed E-state index contributed by atoms with van der Waals surface area (Å²) in [7, 11) is 0. The highest BCUT2D eigenvalue weighted by Crippen LogP contribution is 2.35. The van der Waals surface area contributed by atoms with Gasteiger partial charge < -0.3 is 9.64 Å². The number of hydrogen-bond donors (Lipinski definition) is 0. The standard InChI is InChI=1S/C25H25F2N7O/c1-14-15(2)30-24-23(29-14)22(19-7-4-17(26)10-20(19)27)31-25(32-24)33-8-3-9-35-21(13-33)16-11-28-34(12-16)18-5-6-18/h4,7,10-12,18,21H,3,5-6,8-9,13H2,1-2H3/t21-/m1/s1. The molecule has 1 atom stereocenters. The Hall–Kier alpha value is -3.53. The normalized spacial score (nSPS) is 18.7. The number of anilines is 1. The molecule has 4 aromatic rings. The number of hydrogen-bond acceptors (Lipinski definition) is 7. The van der Waals surface area contributed by atoms with Crippen molar-refractivity contribution in [3.8, 4) is 11.3 Å². The van der Waals surface area contributed by atoms with Crippen molar-refractivity contribution in [3.63, 3.8) is 0 Å². The summed E-state index contributed by atoms with van der Waals surface area (Å²) in [5.74, 6) is -0.943. The fourth-order valence-corrected chi connectivity index (χ4v) is 4.38. The zero-order valence-electron chi connectivity index (χ0n) is 19.6. The molecule has 3 aromatic heterocycles. The highest BCUT2D eigenvalue weighted by Gasteiger charge is 2.28. The minimum absolute atomic E-state index is 0.158. The van der Waals surface area contributed by atoms with Gasteiger partial charge in [0.25, 0.3) is 0 Å².